The van der Waals surface area contributed by atoms with Gasteiger partial charge in [0.05, 0.1) is 25.3 Å². The summed E-state index contributed by atoms with van der Waals surface area (Å²) in [5.41, 5.74) is 6.36. The number of benzene rings is 1. The van der Waals surface area contributed by atoms with Crippen LogP contribution in [0.5, 0.6) is 5.75 Å². The van der Waals surface area contributed by atoms with Crippen molar-refractivity contribution in [3.8, 4) is 11.8 Å². The van der Waals surface area contributed by atoms with E-state index in [2.05, 4.69) is 0 Å². The molecule has 0 heterocycles. The maximum absolute atomic E-state index is 11.7. The summed E-state index contributed by atoms with van der Waals surface area (Å²) in [5.74, 6) is 0.0870. The van der Waals surface area contributed by atoms with Crippen LogP contribution in [0.15, 0.2) is 18.2 Å². The molecule has 0 aliphatic carbocycles. The van der Waals surface area contributed by atoms with E-state index < -0.39 is 5.97 Å². The number of anilines is 1. The number of nitriles is 1. The first kappa shape index (κ1) is 13.8. The molecular weight excluding hydrogens is 232 g/mol. The molecule has 5 nitrogen and oxygen atoms in total. The monoisotopic (exact) mass is 248 g/mol. The van der Waals surface area contributed by atoms with Crippen molar-refractivity contribution in [1.29, 1.82) is 5.26 Å². The van der Waals surface area contributed by atoms with Gasteiger partial charge in [-0.1, -0.05) is 0 Å². The van der Waals surface area contributed by atoms with E-state index in [1.165, 1.54) is 7.11 Å². The number of unbranched alkanes of at least 4 members (excludes halogenated alkanes) is 2. The molecule has 2 N–H and O–H groups in total. The van der Waals surface area contributed by atoms with Crippen LogP contribution in [0.2, 0.25) is 0 Å². The Balaban J connectivity index is 2.53. The van der Waals surface area contributed by atoms with Crippen LogP contribution in [-0.2, 0) is 4.74 Å². The van der Waals surface area contributed by atoms with Gasteiger partial charge in [0.25, 0.3) is 0 Å². The standard InChI is InChI=1S/C13H16N2O3/c1-17-10-5-6-12(15)11(9-10)13(16)18-8-4-2-3-7-14/h5-6,9H,2-4,8,15H2,1H3. The zero-order valence-corrected chi connectivity index (χ0v) is 10.3. The highest BCUT2D eigenvalue weighted by atomic mass is 16.5. The van der Waals surface area contributed by atoms with Crippen molar-refractivity contribution in [3.05, 3.63) is 23.8 Å². The second-order valence-electron chi connectivity index (χ2n) is 3.70. The molecule has 1 rings (SSSR count). The van der Waals surface area contributed by atoms with Gasteiger partial charge in [-0.2, -0.15) is 5.26 Å². The Labute approximate surface area is 106 Å². The fourth-order valence-corrected chi connectivity index (χ4v) is 1.39. The highest BCUT2D eigenvalue weighted by Gasteiger charge is 2.12. The van der Waals surface area contributed by atoms with Gasteiger partial charge in [0.1, 0.15) is 5.75 Å². The summed E-state index contributed by atoms with van der Waals surface area (Å²) < 4.78 is 10.1. The second-order valence-corrected chi connectivity index (χ2v) is 3.70. The summed E-state index contributed by atoms with van der Waals surface area (Å²) in [6.45, 7) is 0.289. The second kappa shape index (κ2) is 7.17. The maximum Gasteiger partial charge on any atom is 0.340 e. The van der Waals surface area contributed by atoms with E-state index in [-0.39, 0.29) is 6.61 Å². The summed E-state index contributed by atoms with van der Waals surface area (Å²) in [6, 6.07) is 6.87. The molecule has 0 radical (unpaired) electrons. The number of nitrogen functional groups attached to an aromatic ring is 1. The molecule has 0 spiro atoms. The highest BCUT2D eigenvalue weighted by Crippen LogP contribution is 2.20. The molecule has 96 valence electrons. The minimum atomic E-state index is -0.469. The number of ether oxygens (including phenoxy) is 2. The first-order valence-corrected chi connectivity index (χ1v) is 5.66. The van der Waals surface area contributed by atoms with E-state index in [0.29, 0.717) is 29.8 Å². The molecule has 0 bridgehead atoms. The molecule has 0 saturated carbocycles. The van der Waals surface area contributed by atoms with Crippen LogP contribution in [0, 0.1) is 11.3 Å². The van der Waals surface area contributed by atoms with Crippen molar-refractivity contribution in [1.82, 2.24) is 0 Å². The van der Waals surface area contributed by atoms with Gasteiger partial charge in [0.2, 0.25) is 0 Å². The van der Waals surface area contributed by atoms with E-state index in [4.69, 9.17) is 20.5 Å². The van der Waals surface area contributed by atoms with Gasteiger partial charge in [-0.25, -0.2) is 4.79 Å². The zero-order chi connectivity index (χ0) is 13.4. The Morgan fingerprint density at radius 2 is 2.22 bits per heavy atom. The first-order chi connectivity index (χ1) is 8.69. The average Bonchev–Trinajstić information content (AvgIpc) is 2.39. The Morgan fingerprint density at radius 3 is 2.89 bits per heavy atom. The van der Waals surface area contributed by atoms with Crippen molar-refractivity contribution in [2.45, 2.75) is 19.3 Å². The molecular formula is C13H16N2O3. The Kier molecular flexibility index (Phi) is 5.52. The third-order valence-corrected chi connectivity index (χ3v) is 2.40. The SMILES string of the molecule is COc1ccc(N)c(C(=O)OCCCCC#N)c1. The predicted octanol–water partition coefficient (Wildman–Crippen LogP) is 2.13. The van der Waals surface area contributed by atoms with Crippen molar-refractivity contribution in [2.75, 3.05) is 19.5 Å². The van der Waals surface area contributed by atoms with Gasteiger partial charge in [0.15, 0.2) is 0 Å². The van der Waals surface area contributed by atoms with Crippen LogP contribution in [0.1, 0.15) is 29.6 Å². The number of carbonyl (C=O) groups is 1. The van der Waals surface area contributed by atoms with Crippen molar-refractivity contribution >= 4 is 11.7 Å². The van der Waals surface area contributed by atoms with Crippen LogP contribution in [-0.4, -0.2) is 19.7 Å². The largest absolute Gasteiger partial charge is 0.497 e. The summed E-state index contributed by atoms with van der Waals surface area (Å²) in [6.07, 6.45) is 1.86. The molecule has 0 saturated heterocycles. The number of rotatable bonds is 6. The molecule has 18 heavy (non-hydrogen) atoms. The number of esters is 1. The maximum atomic E-state index is 11.7. The van der Waals surface area contributed by atoms with Gasteiger partial charge in [0, 0.05) is 12.1 Å². The first-order valence-electron chi connectivity index (χ1n) is 5.66. The number of methoxy groups -OCH3 is 1. The smallest absolute Gasteiger partial charge is 0.340 e. The predicted molar refractivity (Wildman–Crippen MR) is 67.2 cm³/mol. The summed E-state index contributed by atoms with van der Waals surface area (Å²) in [4.78, 5) is 11.7. The molecule has 1 aromatic carbocycles. The quantitative estimate of drug-likeness (QED) is 0.473. The molecule has 0 amide bonds. The average molecular weight is 248 g/mol. The van der Waals surface area contributed by atoms with Crippen molar-refractivity contribution < 1.29 is 14.3 Å². The van der Waals surface area contributed by atoms with Gasteiger partial charge in [-0.3, -0.25) is 0 Å². The fraction of sp³-hybridized carbons (Fsp3) is 0.385. The Morgan fingerprint density at radius 1 is 1.44 bits per heavy atom. The minimum Gasteiger partial charge on any atom is -0.497 e. The third-order valence-electron chi connectivity index (χ3n) is 2.40. The molecule has 1 aromatic rings. The van der Waals surface area contributed by atoms with Crippen molar-refractivity contribution in [2.24, 2.45) is 0 Å². The Bertz CT molecular complexity index is 452. The molecule has 5 heteroatoms. The summed E-state index contributed by atoms with van der Waals surface area (Å²) in [7, 11) is 1.52. The van der Waals surface area contributed by atoms with E-state index in [0.717, 1.165) is 6.42 Å². The normalized spacial score (nSPS) is 9.56. The van der Waals surface area contributed by atoms with Gasteiger partial charge in [-0.15, -0.1) is 0 Å². The molecule has 0 aliphatic heterocycles. The molecule has 0 unspecified atom stereocenters. The molecule has 0 atom stereocenters. The van der Waals surface area contributed by atoms with E-state index in [1.54, 1.807) is 18.2 Å². The summed E-state index contributed by atoms with van der Waals surface area (Å²) in [5, 5.41) is 8.36. The third kappa shape index (κ3) is 3.98. The number of nitrogens with zero attached hydrogens (tertiary/aromatic N) is 1. The van der Waals surface area contributed by atoms with Crippen molar-refractivity contribution in [3.63, 3.8) is 0 Å². The van der Waals surface area contributed by atoms with Gasteiger partial charge >= 0.3 is 5.97 Å². The van der Waals surface area contributed by atoms with Gasteiger partial charge in [-0.05, 0) is 31.0 Å². The van der Waals surface area contributed by atoms with E-state index in [9.17, 15) is 4.79 Å². The zero-order valence-electron chi connectivity index (χ0n) is 10.3. The fourth-order valence-electron chi connectivity index (χ4n) is 1.39. The van der Waals surface area contributed by atoms with E-state index >= 15 is 0 Å². The minimum absolute atomic E-state index is 0.289. The number of nitrogens with two attached hydrogens (primary N) is 1. The van der Waals surface area contributed by atoms with Crippen LogP contribution in [0.3, 0.4) is 0 Å². The lowest BCUT2D eigenvalue weighted by Crippen LogP contribution is -2.09. The van der Waals surface area contributed by atoms with Crippen LogP contribution < -0.4 is 10.5 Å². The van der Waals surface area contributed by atoms with Gasteiger partial charge < -0.3 is 15.2 Å². The van der Waals surface area contributed by atoms with Crippen LogP contribution in [0.25, 0.3) is 0 Å². The summed E-state index contributed by atoms with van der Waals surface area (Å²) >= 11 is 0. The van der Waals surface area contributed by atoms with Crippen LogP contribution in [0.4, 0.5) is 5.69 Å². The highest BCUT2D eigenvalue weighted by molar-refractivity contribution is 5.95. The topological polar surface area (TPSA) is 85.3 Å². The van der Waals surface area contributed by atoms with Crippen LogP contribution >= 0.6 is 0 Å². The molecule has 0 aromatic heterocycles. The number of hydrogen-bond donors (Lipinski definition) is 1. The van der Waals surface area contributed by atoms with E-state index in [1.807, 2.05) is 6.07 Å². The lowest BCUT2D eigenvalue weighted by atomic mass is 10.1. The Hall–Kier alpha value is -2.22. The molecule has 0 aliphatic rings. The number of carbonyl (C=O) groups excluding carboxylic acids is 1. The lowest BCUT2D eigenvalue weighted by molar-refractivity contribution is 0.0499. The number of hydrogen-bond acceptors (Lipinski definition) is 5. The lowest BCUT2D eigenvalue weighted by Gasteiger charge is -2.08. The molecule has 0 fully saturated rings.